The minimum absolute atomic E-state index is 0.173. The third-order valence-electron chi connectivity index (χ3n) is 5.88. The van der Waals surface area contributed by atoms with Crippen LogP contribution in [0.1, 0.15) is 34.8 Å². The Kier molecular flexibility index (Phi) is 4.74. The van der Waals surface area contributed by atoms with Gasteiger partial charge in [0.15, 0.2) is 5.78 Å². The number of ketones is 1. The zero-order valence-corrected chi connectivity index (χ0v) is 16.3. The minimum atomic E-state index is 0.173. The van der Waals surface area contributed by atoms with Gasteiger partial charge in [-0.15, -0.1) is 0 Å². The number of carbonyl (C=O) groups is 1. The van der Waals surface area contributed by atoms with Crippen LogP contribution in [0.5, 0.6) is 0 Å². The predicted octanol–water partition coefficient (Wildman–Crippen LogP) is 4.62. The summed E-state index contributed by atoms with van der Waals surface area (Å²) in [7, 11) is 0. The number of nitrogens with zero attached hydrogens (tertiary/aromatic N) is 2. The van der Waals surface area contributed by atoms with Crippen LogP contribution >= 0.6 is 0 Å². The molecule has 0 radical (unpaired) electrons. The fourth-order valence-electron chi connectivity index (χ4n) is 4.48. The summed E-state index contributed by atoms with van der Waals surface area (Å²) in [5, 5.41) is 8.18. The van der Waals surface area contributed by atoms with Crippen molar-refractivity contribution < 1.29 is 4.79 Å². The monoisotopic (exact) mass is 384 g/mol. The number of hydrogen-bond donors (Lipinski definition) is 2. The number of Topliss-reactive ketones (excluding diaryl/α,β-unsaturated/α-hetero) is 1. The van der Waals surface area contributed by atoms with Crippen LogP contribution in [0, 0.1) is 0 Å². The topological polar surface area (TPSA) is 64.8 Å². The van der Waals surface area contributed by atoms with E-state index in [1.54, 1.807) is 6.20 Å². The fraction of sp³-hybridized carbons (Fsp3) is 0.250. The summed E-state index contributed by atoms with van der Waals surface area (Å²) in [6.07, 6.45) is 4.03. The van der Waals surface area contributed by atoms with Crippen LogP contribution < -0.4 is 0 Å². The van der Waals surface area contributed by atoms with Gasteiger partial charge in [-0.05, 0) is 37.1 Å². The van der Waals surface area contributed by atoms with E-state index in [1.165, 1.54) is 5.69 Å². The summed E-state index contributed by atoms with van der Waals surface area (Å²) in [5.74, 6) is 0.585. The molecule has 0 spiro atoms. The Labute approximate surface area is 169 Å². The number of nitrogens with one attached hydrogen (secondary N) is 2. The Hall–Kier alpha value is -3.18. The summed E-state index contributed by atoms with van der Waals surface area (Å²) in [6.45, 7) is 2.28. The molecule has 5 nitrogen and oxygen atoms in total. The van der Waals surface area contributed by atoms with Gasteiger partial charge in [-0.1, -0.05) is 48.5 Å². The Bertz CT molecular complexity index is 1110. The van der Waals surface area contributed by atoms with Crippen LogP contribution in [0.3, 0.4) is 0 Å². The first-order valence-electron chi connectivity index (χ1n) is 10.2. The summed E-state index contributed by atoms with van der Waals surface area (Å²) >= 11 is 0. The first kappa shape index (κ1) is 17.9. The largest absolute Gasteiger partial charge is 0.354 e. The van der Waals surface area contributed by atoms with E-state index in [4.69, 9.17) is 0 Å². The molecule has 1 aliphatic rings. The zero-order valence-electron chi connectivity index (χ0n) is 16.3. The number of benzene rings is 2. The predicted molar refractivity (Wildman–Crippen MR) is 115 cm³/mol. The summed E-state index contributed by atoms with van der Waals surface area (Å²) in [4.78, 5) is 19.3. The third-order valence-corrected chi connectivity index (χ3v) is 5.88. The zero-order chi connectivity index (χ0) is 19.6. The maximum atomic E-state index is 13.5. The van der Waals surface area contributed by atoms with Crippen molar-refractivity contribution in [1.82, 2.24) is 20.1 Å². The second-order valence-corrected chi connectivity index (χ2v) is 7.80. The lowest BCUT2D eigenvalue weighted by molar-refractivity contribution is 0.0908. The summed E-state index contributed by atoms with van der Waals surface area (Å²) < 4.78 is 0. The molecule has 3 heterocycles. The number of aromatic nitrogens is 3. The second kappa shape index (κ2) is 7.68. The van der Waals surface area contributed by atoms with Gasteiger partial charge in [0.1, 0.15) is 0 Å². The standard InChI is InChI=1S/C24H24N4O/c29-22(16-28-14-6-9-18(15-28)20-12-13-25-27-20)23-19-10-4-5-11-21(19)26-24(23)17-7-2-1-3-8-17/h1-5,7-8,10-13,18,26H,6,9,14-16H2,(H,25,27)/t18-/m1/s1. The average Bonchev–Trinajstić information content (AvgIpc) is 3.43. The Balaban J connectivity index is 1.45. The van der Waals surface area contributed by atoms with Crippen LogP contribution in [0.25, 0.3) is 22.2 Å². The molecule has 5 heteroatoms. The van der Waals surface area contributed by atoms with Crippen LogP contribution in [0.2, 0.25) is 0 Å². The minimum Gasteiger partial charge on any atom is -0.354 e. The molecule has 1 atom stereocenters. The van der Waals surface area contributed by atoms with E-state index in [0.717, 1.165) is 53.7 Å². The normalized spacial score (nSPS) is 17.6. The van der Waals surface area contributed by atoms with Crippen molar-refractivity contribution in [2.75, 3.05) is 19.6 Å². The Morgan fingerprint density at radius 1 is 1.07 bits per heavy atom. The van der Waals surface area contributed by atoms with Gasteiger partial charge in [0, 0.05) is 35.3 Å². The van der Waals surface area contributed by atoms with Crippen molar-refractivity contribution in [1.29, 1.82) is 0 Å². The van der Waals surface area contributed by atoms with Crippen LogP contribution in [-0.2, 0) is 0 Å². The number of fused-ring (bicyclic) bond motifs is 1. The number of carbonyl (C=O) groups excluding carboxylic acids is 1. The van der Waals surface area contributed by atoms with Gasteiger partial charge in [0.2, 0.25) is 0 Å². The highest BCUT2D eigenvalue weighted by molar-refractivity contribution is 6.14. The highest BCUT2D eigenvalue weighted by Gasteiger charge is 2.26. The molecular weight excluding hydrogens is 360 g/mol. The molecule has 0 amide bonds. The Morgan fingerprint density at radius 3 is 2.72 bits per heavy atom. The number of rotatable bonds is 5. The smallest absolute Gasteiger partial charge is 0.179 e. The molecule has 2 aromatic heterocycles. The number of piperidine rings is 1. The number of aromatic amines is 2. The highest BCUT2D eigenvalue weighted by Crippen LogP contribution is 2.32. The van der Waals surface area contributed by atoms with Gasteiger partial charge in [-0.3, -0.25) is 14.8 Å². The molecule has 146 valence electrons. The highest BCUT2D eigenvalue weighted by atomic mass is 16.1. The van der Waals surface area contributed by atoms with E-state index in [2.05, 4.69) is 32.2 Å². The maximum absolute atomic E-state index is 13.5. The van der Waals surface area contributed by atoms with Gasteiger partial charge >= 0.3 is 0 Å². The second-order valence-electron chi connectivity index (χ2n) is 7.80. The molecule has 29 heavy (non-hydrogen) atoms. The van der Waals surface area contributed by atoms with Crippen molar-refractivity contribution >= 4 is 16.7 Å². The van der Waals surface area contributed by atoms with E-state index in [1.807, 2.05) is 48.5 Å². The van der Waals surface area contributed by atoms with Gasteiger partial charge < -0.3 is 4.98 Å². The number of H-pyrrole nitrogens is 2. The summed E-state index contributed by atoms with van der Waals surface area (Å²) in [5.41, 5.74) is 4.93. The van der Waals surface area contributed by atoms with Crippen molar-refractivity contribution in [3.8, 4) is 11.3 Å². The molecule has 0 bridgehead atoms. The van der Waals surface area contributed by atoms with Gasteiger partial charge in [0.25, 0.3) is 0 Å². The first-order valence-corrected chi connectivity index (χ1v) is 10.2. The van der Waals surface area contributed by atoms with Gasteiger partial charge in [-0.25, -0.2) is 0 Å². The van der Waals surface area contributed by atoms with E-state index < -0.39 is 0 Å². The molecule has 4 aromatic rings. The maximum Gasteiger partial charge on any atom is 0.179 e. The molecular formula is C24H24N4O. The van der Waals surface area contributed by atoms with E-state index in [0.29, 0.717) is 12.5 Å². The lowest BCUT2D eigenvalue weighted by Gasteiger charge is -2.31. The van der Waals surface area contributed by atoms with Crippen LogP contribution in [0.4, 0.5) is 0 Å². The third kappa shape index (κ3) is 3.49. The number of likely N-dealkylation sites (tertiary alicyclic amines) is 1. The Morgan fingerprint density at radius 2 is 1.90 bits per heavy atom. The molecule has 0 aliphatic carbocycles. The number of hydrogen-bond acceptors (Lipinski definition) is 3. The van der Waals surface area contributed by atoms with E-state index >= 15 is 0 Å². The molecule has 5 rings (SSSR count). The van der Waals surface area contributed by atoms with Gasteiger partial charge in [0.05, 0.1) is 17.8 Å². The average molecular weight is 384 g/mol. The molecule has 0 unspecified atom stereocenters. The van der Waals surface area contributed by atoms with Gasteiger partial charge in [-0.2, -0.15) is 5.10 Å². The van der Waals surface area contributed by atoms with Crippen molar-refractivity contribution in [3.63, 3.8) is 0 Å². The van der Waals surface area contributed by atoms with Crippen LogP contribution in [-0.4, -0.2) is 45.5 Å². The lowest BCUT2D eigenvalue weighted by atomic mass is 9.94. The molecule has 2 aromatic carbocycles. The van der Waals surface area contributed by atoms with Crippen molar-refractivity contribution in [3.05, 3.63) is 78.1 Å². The first-order chi connectivity index (χ1) is 14.3. The number of para-hydroxylation sites is 1. The summed E-state index contributed by atoms with van der Waals surface area (Å²) in [6, 6.07) is 20.2. The molecule has 1 saturated heterocycles. The SMILES string of the molecule is O=C(CN1CCC[C@@H](c2ccn[nH]2)C1)c1c(-c2ccccc2)[nH]c2ccccc12. The van der Waals surface area contributed by atoms with Crippen LogP contribution in [0.15, 0.2) is 66.9 Å². The molecule has 1 fully saturated rings. The van der Waals surface area contributed by atoms with E-state index in [-0.39, 0.29) is 5.78 Å². The van der Waals surface area contributed by atoms with Crippen molar-refractivity contribution in [2.45, 2.75) is 18.8 Å². The van der Waals surface area contributed by atoms with E-state index in [9.17, 15) is 4.79 Å². The van der Waals surface area contributed by atoms with Crippen molar-refractivity contribution in [2.24, 2.45) is 0 Å². The molecule has 0 saturated carbocycles. The lowest BCUT2D eigenvalue weighted by Crippen LogP contribution is -2.38. The molecule has 2 N–H and O–H groups in total. The quantitative estimate of drug-likeness (QED) is 0.494. The molecule has 1 aliphatic heterocycles. The fourth-order valence-corrected chi connectivity index (χ4v) is 4.48.